The van der Waals surface area contributed by atoms with E-state index in [1.165, 1.54) is 0 Å². The number of halogens is 3. The molecule has 0 aliphatic carbocycles. The first kappa shape index (κ1) is 16.8. The summed E-state index contributed by atoms with van der Waals surface area (Å²) in [6.45, 7) is 1.43. The van der Waals surface area contributed by atoms with Gasteiger partial charge in [0.05, 0.1) is 17.2 Å². The molecule has 0 radical (unpaired) electrons. The van der Waals surface area contributed by atoms with Gasteiger partial charge in [-0.25, -0.2) is 0 Å². The zero-order valence-corrected chi connectivity index (χ0v) is 16.2. The minimum atomic E-state index is -0.169. The molecular formula is C13H13Br3N4O. The van der Waals surface area contributed by atoms with E-state index in [2.05, 4.69) is 57.9 Å². The maximum absolute atomic E-state index is 12.7. The van der Waals surface area contributed by atoms with Crippen molar-refractivity contribution in [3.8, 4) is 0 Å². The van der Waals surface area contributed by atoms with Crippen LogP contribution in [0.1, 0.15) is 16.2 Å². The number of rotatable bonds is 5. The molecule has 0 amide bonds. The highest BCUT2D eigenvalue weighted by atomic mass is 79.9. The van der Waals surface area contributed by atoms with Gasteiger partial charge in [-0.15, -0.1) is 0 Å². The van der Waals surface area contributed by atoms with E-state index < -0.39 is 0 Å². The standard InChI is InChI=1S/C13H13Br3N4O/c1-19(2)3-4-20-12(10(16)7-18-20)13(21)11-9(15)5-8(14)6-17-11/h5-7H,3-4H2,1-2H3. The van der Waals surface area contributed by atoms with Gasteiger partial charge in [0.1, 0.15) is 11.4 Å². The van der Waals surface area contributed by atoms with Gasteiger partial charge in [-0.05, 0) is 68.0 Å². The zero-order chi connectivity index (χ0) is 15.6. The summed E-state index contributed by atoms with van der Waals surface area (Å²) < 4.78 is 3.82. The van der Waals surface area contributed by atoms with Gasteiger partial charge in [0, 0.05) is 21.7 Å². The molecule has 0 saturated carbocycles. The van der Waals surface area contributed by atoms with Crippen molar-refractivity contribution in [2.75, 3.05) is 20.6 Å². The molecule has 0 aliphatic rings. The van der Waals surface area contributed by atoms with E-state index in [9.17, 15) is 4.79 Å². The van der Waals surface area contributed by atoms with Crippen molar-refractivity contribution in [3.63, 3.8) is 0 Å². The van der Waals surface area contributed by atoms with E-state index in [1.807, 2.05) is 19.0 Å². The van der Waals surface area contributed by atoms with Crippen molar-refractivity contribution >= 4 is 53.6 Å². The van der Waals surface area contributed by atoms with Crippen molar-refractivity contribution in [1.82, 2.24) is 19.7 Å². The minimum Gasteiger partial charge on any atom is -0.308 e. The van der Waals surface area contributed by atoms with Crippen LogP contribution in [-0.4, -0.2) is 46.1 Å². The van der Waals surface area contributed by atoms with E-state index in [0.29, 0.717) is 26.9 Å². The lowest BCUT2D eigenvalue weighted by Gasteiger charge is -2.12. The van der Waals surface area contributed by atoms with E-state index >= 15 is 0 Å². The second kappa shape index (κ2) is 7.13. The Morgan fingerprint density at radius 3 is 2.57 bits per heavy atom. The van der Waals surface area contributed by atoms with Crippen LogP contribution in [0.25, 0.3) is 0 Å². The molecule has 21 heavy (non-hydrogen) atoms. The second-order valence-corrected chi connectivity index (χ2v) is 7.30. The molecule has 112 valence electrons. The largest absolute Gasteiger partial charge is 0.308 e. The number of carbonyl (C=O) groups excluding carboxylic acids is 1. The number of nitrogens with zero attached hydrogens (tertiary/aromatic N) is 4. The Bertz CT molecular complexity index is 669. The Balaban J connectivity index is 2.36. The van der Waals surface area contributed by atoms with Crippen molar-refractivity contribution in [1.29, 1.82) is 0 Å². The highest BCUT2D eigenvalue weighted by Gasteiger charge is 2.22. The van der Waals surface area contributed by atoms with Gasteiger partial charge in [-0.3, -0.25) is 14.5 Å². The number of hydrogen-bond acceptors (Lipinski definition) is 4. The Hall–Kier alpha value is -0.570. The van der Waals surface area contributed by atoms with Crippen LogP contribution in [0.3, 0.4) is 0 Å². The van der Waals surface area contributed by atoms with Gasteiger partial charge in [0.25, 0.3) is 0 Å². The van der Waals surface area contributed by atoms with Crippen LogP contribution < -0.4 is 0 Å². The quantitative estimate of drug-likeness (QED) is 0.616. The smallest absolute Gasteiger partial charge is 0.231 e. The molecule has 0 saturated heterocycles. The number of carbonyl (C=O) groups is 1. The third-order valence-electron chi connectivity index (χ3n) is 2.79. The zero-order valence-electron chi connectivity index (χ0n) is 11.5. The fraction of sp³-hybridized carbons (Fsp3) is 0.308. The van der Waals surface area contributed by atoms with Crippen LogP contribution in [0, 0.1) is 0 Å². The second-order valence-electron chi connectivity index (χ2n) is 4.68. The van der Waals surface area contributed by atoms with Crippen LogP contribution in [-0.2, 0) is 6.54 Å². The topological polar surface area (TPSA) is 51.0 Å². The third-order valence-corrected chi connectivity index (χ3v) is 4.41. The summed E-state index contributed by atoms with van der Waals surface area (Å²) in [4.78, 5) is 18.9. The van der Waals surface area contributed by atoms with Crippen molar-refractivity contribution in [2.24, 2.45) is 0 Å². The van der Waals surface area contributed by atoms with Crippen molar-refractivity contribution in [3.05, 3.63) is 43.3 Å². The molecule has 0 aromatic carbocycles. The molecule has 0 N–H and O–H groups in total. The molecule has 2 rings (SSSR count). The van der Waals surface area contributed by atoms with Crippen LogP contribution in [0.15, 0.2) is 31.9 Å². The van der Waals surface area contributed by atoms with Crippen LogP contribution >= 0.6 is 47.8 Å². The van der Waals surface area contributed by atoms with Gasteiger partial charge in [0.2, 0.25) is 5.78 Å². The lowest BCUT2D eigenvalue weighted by Crippen LogP contribution is -2.22. The lowest BCUT2D eigenvalue weighted by atomic mass is 10.2. The first-order valence-electron chi connectivity index (χ1n) is 6.12. The minimum absolute atomic E-state index is 0.169. The average molecular weight is 481 g/mol. The molecule has 0 unspecified atom stereocenters. The van der Waals surface area contributed by atoms with E-state index in [0.717, 1.165) is 11.0 Å². The van der Waals surface area contributed by atoms with Gasteiger partial charge < -0.3 is 4.90 Å². The maximum Gasteiger partial charge on any atom is 0.231 e. The number of ketones is 1. The third kappa shape index (κ3) is 4.00. The summed E-state index contributed by atoms with van der Waals surface area (Å²) in [7, 11) is 3.96. The molecule has 2 heterocycles. The number of hydrogen-bond donors (Lipinski definition) is 0. The predicted molar refractivity (Wildman–Crippen MR) is 91.6 cm³/mol. The van der Waals surface area contributed by atoms with Gasteiger partial charge in [-0.1, -0.05) is 0 Å². The van der Waals surface area contributed by atoms with Crippen molar-refractivity contribution in [2.45, 2.75) is 6.54 Å². The summed E-state index contributed by atoms with van der Waals surface area (Å²) >= 11 is 10.1. The fourth-order valence-electron chi connectivity index (χ4n) is 1.75. The Morgan fingerprint density at radius 1 is 1.24 bits per heavy atom. The number of pyridine rings is 1. The molecular weight excluding hydrogens is 468 g/mol. The molecule has 2 aromatic rings. The molecule has 8 heteroatoms. The van der Waals surface area contributed by atoms with E-state index in [4.69, 9.17) is 0 Å². The van der Waals surface area contributed by atoms with Crippen LogP contribution in [0.4, 0.5) is 0 Å². The normalized spacial score (nSPS) is 11.1. The monoisotopic (exact) mass is 478 g/mol. The van der Waals surface area contributed by atoms with Crippen LogP contribution in [0.2, 0.25) is 0 Å². The molecule has 0 fully saturated rings. The molecule has 5 nitrogen and oxygen atoms in total. The number of likely N-dealkylation sites (N-methyl/N-ethyl adjacent to an activating group) is 1. The van der Waals surface area contributed by atoms with E-state index in [-0.39, 0.29) is 5.78 Å². The van der Waals surface area contributed by atoms with Gasteiger partial charge >= 0.3 is 0 Å². The van der Waals surface area contributed by atoms with Crippen molar-refractivity contribution < 1.29 is 4.79 Å². The molecule has 0 atom stereocenters. The van der Waals surface area contributed by atoms with Gasteiger partial charge in [0.15, 0.2) is 0 Å². The Labute approximate surface area is 148 Å². The summed E-state index contributed by atoms with van der Waals surface area (Å²) in [6, 6.07) is 1.80. The molecule has 0 spiro atoms. The first-order chi connectivity index (χ1) is 9.90. The molecule has 0 bridgehead atoms. The summed E-state index contributed by atoms with van der Waals surface area (Å²) in [6.07, 6.45) is 3.24. The summed E-state index contributed by atoms with van der Waals surface area (Å²) in [5, 5.41) is 4.25. The molecule has 0 aliphatic heterocycles. The highest BCUT2D eigenvalue weighted by molar-refractivity contribution is 9.11. The SMILES string of the molecule is CN(C)CCn1ncc(Br)c1C(=O)c1ncc(Br)cc1Br. The summed E-state index contributed by atoms with van der Waals surface area (Å²) in [5.74, 6) is -0.169. The highest BCUT2D eigenvalue weighted by Crippen LogP contribution is 2.25. The Morgan fingerprint density at radius 2 is 1.95 bits per heavy atom. The van der Waals surface area contributed by atoms with Crippen LogP contribution in [0.5, 0.6) is 0 Å². The fourth-order valence-corrected chi connectivity index (χ4v) is 3.39. The van der Waals surface area contributed by atoms with Gasteiger partial charge in [-0.2, -0.15) is 5.10 Å². The lowest BCUT2D eigenvalue weighted by molar-refractivity contribution is 0.102. The summed E-state index contributed by atoms with van der Waals surface area (Å²) in [5.41, 5.74) is 0.873. The molecule has 2 aromatic heterocycles. The maximum atomic E-state index is 12.7. The average Bonchev–Trinajstić information content (AvgIpc) is 2.77. The first-order valence-corrected chi connectivity index (χ1v) is 8.50. The number of aromatic nitrogens is 3. The predicted octanol–water partition coefficient (Wildman–Crippen LogP) is 3.36. The Kier molecular flexibility index (Phi) is 5.70. The van der Waals surface area contributed by atoms with E-state index in [1.54, 1.807) is 23.1 Å².